The number of nitrogens with one attached hydrogen (secondary N) is 1. The minimum atomic E-state index is 0.194. The number of hydrogen-bond donors (Lipinski definition) is 1. The average molecular weight is 389 g/mol. The quantitative estimate of drug-likeness (QED) is 0.702. The van der Waals surface area contributed by atoms with Crippen molar-refractivity contribution in [3.05, 3.63) is 66.2 Å². The highest BCUT2D eigenvalue weighted by atomic mass is 16.5. The number of nitrogens with zero attached hydrogens (tertiary/aromatic N) is 3. The normalized spacial score (nSPS) is 14.6. The minimum absolute atomic E-state index is 0.194. The number of benzene rings is 2. The van der Waals surface area contributed by atoms with E-state index >= 15 is 0 Å². The lowest BCUT2D eigenvalue weighted by Gasteiger charge is -2.31. The zero-order valence-electron chi connectivity index (χ0n) is 16.6. The smallest absolute Gasteiger partial charge is 0.236 e. The van der Waals surface area contributed by atoms with Gasteiger partial charge < -0.3 is 19.0 Å². The number of oxazole rings is 1. The predicted molar refractivity (Wildman–Crippen MR) is 111 cm³/mol. The van der Waals surface area contributed by atoms with Gasteiger partial charge in [0, 0.05) is 0 Å². The fourth-order valence-corrected chi connectivity index (χ4v) is 3.60. The molecule has 0 unspecified atom stereocenters. The highest BCUT2D eigenvalue weighted by Gasteiger charge is 2.25. The first kappa shape index (κ1) is 19.0. The Morgan fingerprint density at radius 1 is 1.07 bits per heavy atom. The molecule has 4 rings (SSSR count). The highest BCUT2D eigenvalue weighted by molar-refractivity contribution is 5.63. The Kier molecular flexibility index (Phi) is 5.78. The number of ether oxygens (including phenoxy) is 1. The molecule has 0 spiro atoms. The minimum Gasteiger partial charge on any atom is -0.484 e. The summed E-state index contributed by atoms with van der Waals surface area (Å²) in [5.41, 5.74) is 2.64. The van der Waals surface area contributed by atoms with Crippen LogP contribution in [0, 0.1) is 11.3 Å². The van der Waals surface area contributed by atoms with Crippen LogP contribution in [0.4, 0.5) is 5.88 Å². The fraction of sp³-hybridized carbons (Fsp3) is 0.304. The first-order chi connectivity index (χ1) is 14.3. The standard InChI is InChI=1S/C23H24N4O2/c1-2-26-12-14-27(15-13-26)23-21(16-24)25-22(29-23)17-28-20-10-8-19(9-11-20)18-6-4-3-5-7-18/h3-11H,2,12-15,17H2,1H3/p+1. The molecule has 2 aromatic carbocycles. The summed E-state index contributed by atoms with van der Waals surface area (Å²) in [6.07, 6.45) is 0. The van der Waals surface area contributed by atoms with Crippen molar-refractivity contribution in [3.63, 3.8) is 0 Å². The molecule has 0 radical (unpaired) electrons. The van der Waals surface area contributed by atoms with Gasteiger partial charge in [0.15, 0.2) is 6.61 Å². The van der Waals surface area contributed by atoms with Crippen LogP contribution in [0.3, 0.4) is 0 Å². The molecule has 29 heavy (non-hydrogen) atoms. The van der Waals surface area contributed by atoms with E-state index in [4.69, 9.17) is 9.15 Å². The van der Waals surface area contributed by atoms with Gasteiger partial charge in [0.25, 0.3) is 0 Å². The summed E-state index contributed by atoms with van der Waals surface area (Å²) < 4.78 is 11.7. The number of piperazine rings is 1. The topological polar surface area (TPSA) is 66.7 Å². The number of rotatable bonds is 6. The Morgan fingerprint density at radius 3 is 2.41 bits per heavy atom. The number of aromatic nitrogens is 1. The summed E-state index contributed by atoms with van der Waals surface area (Å²) in [6.45, 7) is 7.34. The maximum atomic E-state index is 9.44. The Morgan fingerprint density at radius 2 is 1.76 bits per heavy atom. The van der Waals surface area contributed by atoms with Gasteiger partial charge in [0.1, 0.15) is 11.8 Å². The Bertz CT molecular complexity index is 968. The van der Waals surface area contributed by atoms with Crippen LogP contribution in [-0.4, -0.2) is 37.7 Å². The van der Waals surface area contributed by atoms with Crippen LogP contribution in [0.15, 0.2) is 59.0 Å². The lowest BCUT2D eigenvalue weighted by molar-refractivity contribution is -0.898. The zero-order valence-corrected chi connectivity index (χ0v) is 16.6. The van der Waals surface area contributed by atoms with E-state index in [0.717, 1.165) is 44.0 Å². The molecule has 0 atom stereocenters. The second-order valence-electron chi connectivity index (χ2n) is 7.14. The van der Waals surface area contributed by atoms with Crippen LogP contribution in [0.25, 0.3) is 11.1 Å². The molecule has 1 N–H and O–H groups in total. The molecule has 1 fully saturated rings. The van der Waals surface area contributed by atoms with E-state index in [2.05, 4.69) is 35.0 Å². The molecule has 0 saturated carbocycles. The fourth-order valence-electron chi connectivity index (χ4n) is 3.60. The van der Waals surface area contributed by atoms with Crippen molar-refractivity contribution in [3.8, 4) is 22.9 Å². The predicted octanol–water partition coefficient (Wildman–Crippen LogP) is 2.52. The van der Waals surface area contributed by atoms with Crippen molar-refractivity contribution in [2.75, 3.05) is 37.6 Å². The van der Waals surface area contributed by atoms with Crippen LogP contribution in [0.2, 0.25) is 0 Å². The third-order valence-corrected chi connectivity index (χ3v) is 5.34. The molecule has 6 nitrogen and oxygen atoms in total. The van der Waals surface area contributed by atoms with Crippen molar-refractivity contribution in [2.24, 2.45) is 0 Å². The highest BCUT2D eigenvalue weighted by Crippen LogP contribution is 2.25. The van der Waals surface area contributed by atoms with E-state index in [1.807, 2.05) is 42.5 Å². The van der Waals surface area contributed by atoms with Gasteiger partial charge in [-0.2, -0.15) is 10.2 Å². The molecule has 0 bridgehead atoms. The maximum Gasteiger partial charge on any atom is 0.236 e. The van der Waals surface area contributed by atoms with Gasteiger partial charge in [-0.3, -0.25) is 0 Å². The SMILES string of the molecule is CC[NH+]1CCN(c2oc(COc3ccc(-c4ccccc4)cc3)nc2C#N)CC1. The molecule has 148 valence electrons. The summed E-state index contributed by atoms with van der Waals surface area (Å²) in [6, 6.07) is 20.3. The Labute approximate surface area is 170 Å². The summed E-state index contributed by atoms with van der Waals surface area (Å²) in [4.78, 5) is 8.01. The second-order valence-corrected chi connectivity index (χ2v) is 7.14. The van der Waals surface area contributed by atoms with Gasteiger partial charge in [-0.25, -0.2) is 0 Å². The number of hydrogen-bond acceptors (Lipinski definition) is 5. The molecule has 1 aromatic heterocycles. The maximum absolute atomic E-state index is 9.44. The summed E-state index contributed by atoms with van der Waals surface area (Å²) in [7, 11) is 0. The number of quaternary nitrogens is 1. The lowest BCUT2D eigenvalue weighted by Crippen LogP contribution is -3.14. The van der Waals surface area contributed by atoms with Gasteiger partial charge in [0.2, 0.25) is 17.5 Å². The number of likely N-dealkylation sites (N-methyl/N-ethyl adjacent to an activating group) is 1. The van der Waals surface area contributed by atoms with E-state index in [1.54, 1.807) is 4.90 Å². The average Bonchev–Trinajstić information content (AvgIpc) is 3.22. The van der Waals surface area contributed by atoms with E-state index in [-0.39, 0.29) is 6.61 Å². The van der Waals surface area contributed by atoms with Crippen LogP contribution in [0.5, 0.6) is 5.75 Å². The van der Waals surface area contributed by atoms with Crippen molar-refractivity contribution in [1.29, 1.82) is 5.26 Å². The first-order valence-corrected chi connectivity index (χ1v) is 10.0. The van der Waals surface area contributed by atoms with E-state index < -0.39 is 0 Å². The van der Waals surface area contributed by atoms with Crippen molar-refractivity contribution in [2.45, 2.75) is 13.5 Å². The van der Waals surface area contributed by atoms with Crippen LogP contribution < -0.4 is 14.5 Å². The molecule has 1 aliphatic heterocycles. The molecule has 0 aliphatic carbocycles. The third kappa shape index (κ3) is 4.41. The van der Waals surface area contributed by atoms with Gasteiger partial charge in [-0.15, -0.1) is 0 Å². The zero-order chi connectivity index (χ0) is 20.1. The van der Waals surface area contributed by atoms with Crippen LogP contribution >= 0.6 is 0 Å². The molecule has 6 heteroatoms. The van der Waals surface area contributed by atoms with Gasteiger partial charge in [0.05, 0.1) is 32.7 Å². The molecular formula is C23H25N4O2+. The van der Waals surface area contributed by atoms with Crippen LogP contribution in [0.1, 0.15) is 18.5 Å². The molecule has 1 aliphatic rings. The van der Waals surface area contributed by atoms with E-state index in [1.165, 1.54) is 5.56 Å². The van der Waals surface area contributed by atoms with Gasteiger partial charge >= 0.3 is 0 Å². The van der Waals surface area contributed by atoms with Crippen molar-refractivity contribution < 1.29 is 14.1 Å². The van der Waals surface area contributed by atoms with Crippen molar-refractivity contribution in [1.82, 2.24) is 4.98 Å². The third-order valence-electron chi connectivity index (χ3n) is 5.34. The monoisotopic (exact) mass is 389 g/mol. The lowest BCUT2D eigenvalue weighted by atomic mass is 10.1. The first-order valence-electron chi connectivity index (χ1n) is 10.0. The molecule has 0 amide bonds. The van der Waals surface area contributed by atoms with Crippen LogP contribution in [-0.2, 0) is 6.61 Å². The Balaban J connectivity index is 1.40. The van der Waals surface area contributed by atoms with E-state index in [0.29, 0.717) is 17.5 Å². The summed E-state index contributed by atoms with van der Waals surface area (Å²) in [5, 5.41) is 9.44. The summed E-state index contributed by atoms with van der Waals surface area (Å²) >= 11 is 0. The van der Waals surface area contributed by atoms with Gasteiger partial charge in [-0.05, 0) is 30.2 Å². The molecule has 2 heterocycles. The number of anilines is 1. The summed E-state index contributed by atoms with van der Waals surface area (Å²) in [5.74, 6) is 1.73. The molecular weight excluding hydrogens is 364 g/mol. The van der Waals surface area contributed by atoms with E-state index in [9.17, 15) is 5.26 Å². The Hall–Kier alpha value is -3.30. The molecule has 1 saturated heterocycles. The number of nitriles is 1. The van der Waals surface area contributed by atoms with Crippen molar-refractivity contribution >= 4 is 5.88 Å². The largest absolute Gasteiger partial charge is 0.484 e. The second kappa shape index (κ2) is 8.80. The molecule has 3 aromatic rings. The van der Waals surface area contributed by atoms with Gasteiger partial charge in [-0.1, -0.05) is 42.5 Å².